The first-order chi connectivity index (χ1) is 25.1. The van der Waals surface area contributed by atoms with E-state index in [-0.39, 0.29) is 122 Å². The van der Waals surface area contributed by atoms with Crippen LogP contribution in [-0.4, -0.2) is 128 Å². The highest BCUT2D eigenvalue weighted by atomic mass is 16.8. The number of carbonyl (C=O) groups excluding carboxylic acids is 1. The third-order valence-electron chi connectivity index (χ3n) is 14.0. The molecule has 3 N–H and O–H groups in total. The summed E-state index contributed by atoms with van der Waals surface area (Å²) in [4.78, 5) is 14.1. The SMILES string of the molecule is C=C1C2C[C@@H]3O[C@H](C[C@H](O)CN)[C@H](OC)[C@H]3CC(=O)C[C@H]3CCC4O[C@H]5[C@H]6O[C@]7(CC[C@H]8CC(=C)[C@H](CC[C@@H](C[C@H]1C)O2)O8)C[C@@H]6O[C@H]5[C@@H](O7)C4O3. The van der Waals surface area contributed by atoms with E-state index in [1.165, 1.54) is 0 Å². The maximum absolute atomic E-state index is 14.1. The average Bonchev–Trinajstić information content (AvgIpc) is 3.79. The number of aliphatic hydroxyl groups is 1. The molecule has 0 aromatic rings. The minimum Gasteiger partial charge on any atom is -0.392 e. The molecule has 19 atom stereocenters. The third-order valence-corrected chi connectivity index (χ3v) is 14.0. The molecule has 0 amide bonds. The molecule has 52 heavy (non-hydrogen) atoms. The second-order valence-corrected chi connectivity index (χ2v) is 17.4. The summed E-state index contributed by atoms with van der Waals surface area (Å²) < 4.78 is 60.0. The minimum atomic E-state index is -0.780. The van der Waals surface area contributed by atoms with E-state index in [1.807, 2.05) is 0 Å². The first kappa shape index (κ1) is 36.4. The predicted molar refractivity (Wildman–Crippen MR) is 186 cm³/mol. The van der Waals surface area contributed by atoms with Gasteiger partial charge in [-0.1, -0.05) is 20.1 Å². The molecule has 12 bridgehead atoms. The number of Topliss-reactive ketones (excluding diaryl/α,β-unsaturated/α-hetero) is 1. The van der Waals surface area contributed by atoms with Gasteiger partial charge in [-0.3, -0.25) is 4.79 Å². The van der Waals surface area contributed by atoms with Crippen LogP contribution in [0.1, 0.15) is 90.4 Å². The van der Waals surface area contributed by atoms with Crippen molar-refractivity contribution in [3.05, 3.63) is 24.3 Å². The van der Waals surface area contributed by atoms with E-state index in [0.29, 0.717) is 25.7 Å². The lowest BCUT2D eigenvalue weighted by atomic mass is 9.81. The van der Waals surface area contributed by atoms with Gasteiger partial charge >= 0.3 is 0 Å². The second kappa shape index (κ2) is 14.3. The summed E-state index contributed by atoms with van der Waals surface area (Å²) in [6, 6.07) is 0. The largest absolute Gasteiger partial charge is 0.392 e. The number of hydrogen-bond donors (Lipinski definition) is 2. The Morgan fingerprint density at radius 3 is 2.38 bits per heavy atom. The van der Waals surface area contributed by atoms with Gasteiger partial charge in [0.2, 0.25) is 0 Å². The number of aliphatic hydroxyl groups excluding tert-OH is 1. The van der Waals surface area contributed by atoms with Crippen molar-refractivity contribution < 1.29 is 52.5 Å². The van der Waals surface area contributed by atoms with Crippen LogP contribution in [0.2, 0.25) is 0 Å². The van der Waals surface area contributed by atoms with Gasteiger partial charge in [-0.2, -0.15) is 0 Å². The maximum Gasteiger partial charge on any atom is 0.172 e. The quantitative estimate of drug-likeness (QED) is 0.409. The zero-order valence-electron chi connectivity index (χ0n) is 30.8. The van der Waals surface area contributed by atoms with Gasteiger partial charge in [0, 0.05) is 58.1 Å². The monoisotopic (exact) mass is 729 g/mol. The summed E-state index contributed by atoms with van der Waals surface area (Å²) >= 11 is 0. The van der Waals surface area contributed by atoms with Crippen molar-refractivity contribution in [2.45, 2.75) is 194 Å². The normalized spacial score (nSPS) is 52.4. The van der Waals surface area contributed by atoms with Crippen molar-refractivity contribution in [3.63, 3.8) is 0 Å². The molecule has 10 rings (SSSR count). The molecule has 0 aromatic heterocycles. The highest BCUT2D eigenvalue weighted by Crippen LogP contribution is 2.54. The Labute approximate surface area is 307 Å². The van der Waals surface area contributed by atoms with E-state index in [9.17, 15) is 9.90 Å². The molecule has 0 aliphatic carbocycles. The lowest BCUT2D eigenvalue weighted by molar-refractivity contribution is -0.292. The molecular weight excluding hydrogens is 670 g/mol. The van der Waals surface area contributed by atoms with Crippen molar-refractivity contribution in [1.82, 2.24) is 0 Å². The Morgan fingerprint density at radius 1 is 0.808 bits per heavy atom. The Kier molecular flexibility index (Phi) is 10.0. The molecule has 0 saturated carbocycles. The van der Waals surface area contributed by atoms with Gasteiger partial charge in [0.25, 0.3) is 0 Å². The van der Waals surface area contributed by atoms with Gasteiger partial charge in [-0.15, -0.1) is 0 Å². The number of carbonyl (C=O) groups is 1. The van der Waals surface area contributed by atoms with E-state index in [0.717, 1.165) is 56.1 Å². The highest BCUT2D eigenvalue weighted by molar-refractivity contribution is 5.79. The second-order valence-electron chi connectivity index (χ2n) is 17.4. The first-order valence-corrected chi connectivity index (χ1v) is 20.2. The fraction of sp³-hybridized carbons (Fsp3) is 0.875. The topological polar surface area (TPSA) is 146 Å². The van der Waals surface area contributed by atoms with Crippen LogP contribution in [0.3, 0.4) is 0 Å². The molecule has 0 radical (unpaired) electrons. The standard InChI is InChI=1S/C40H59NO11/c1-19-11-24-5-7-28-20(2)12-26(45-28)9-10-40-17-33-36(51-40)37-38(50-33)39(52-40)35-29(49-37)8-6-25(47-35)13-22(42)14-27-31(16-30(46-24)21(19)3)48-32(34(27)44-4)15-23(43)18-41/h19,23-39,43H,2-3,5-18,41H2,1,4H3/t19-,23+,24+,25-,26+,27+,28+,29?,30?,31+,32-,33+,34-,35?,36+,37+,38-,39+,40+/m1/s1. The van der Waals surface area contributed by atoms with Crippen LogP contribution < -0.4 is 5.73 Å². The maximum atomic E-state index is 14.1. The number of fused-ring (bicyclic) bond motifs is 6. The van der Waals surface area contributed by atoms with Crippen LogP contribution >= 0.6 is 0 Å². The molecule has 0 aromatic carbocycles. The van der Waals surface area contributed by atoms with Crippen molar-refractivity contribution in [2.75, 3.05) is 13.7 Å². The number of methoxy groups -OCH3 is 1. The number of rotatable bonds is 4. The lowest BCUT2D eigenvalue weighted by Crippen LogP contribution is -2.61. The van der Waals surface area contributed by atoms with E-state index in [2.05, 4.69) is 20.1 Å². The van der Waals surface area contributed by atoms with E-state index in [1.54, 1.807) is 7.11 Å². The van der Waals surface area contributed by atoms with Crippen molar-refractivity contribution in [1.29, 1.82) is 0 Å². The summed E-state index contributed by atoms with van der Waals surface area (Å²) in [7, 11) is 1.66. The zero-order chi connectivity index (χ0) is 35.9. The van der Waals surface area contributed by atoms with Crippen LogP contribution in [0.4, 0.5) is 0 Å². The molecule has 10 aliphatic heterocycles. The molecule has 290 valence electrons. The Balaban J connectivity index is 0.994. The van der Waals surface area contributed by atoms with Crippen LogP contribution in [-0.2, 0) is 47.4 Å². The van der Waals surface area contributed by atoms with Crippen LogP contribution in [0.5, 0.6) is 0 Å². The molecule has 10 saturated heterocycles. The van der Waals surface area contributed by atoms with Gasteiger partial charge in [0.05, 0.1) is 67.1 Å². The van der Waals surface area contributed by atoms with Crippen LogP contribution in [0.15, 0.2) is 24.3 Å². The van der Waals surface area contributed by atoms with Gasteiger partial charge in [-0.05, 0) is 62.0 Å². The van der Waals surface area contributed by atoms with Crippen molar-refractivity contribution in [3.8, 4) is 0 Å². The summed E-state index contributed by atoms with van der Waals surface area (Å²) in [6.07, 6.45) is 4.85. The number of ether oxygens (including phenoxy) is 9. The first-order valence-electron chi connectivity index (χ1n) is 20.2. The van der Waals surface area contributed by atoms with Gasteiger partial charge in [0.15, 0.2) is 5.79 Å². The van der Waals surface area contributed by atoms with Crippen LogP contribution in [0, 0.1) is 11.8 Å². The smallest absolute Gasteiger partial charge is 0.172 e. The van der Waals surface area contributed by atoms with Gasteiger partial charge in [-0.25, -0.2) is 0 Å². The summed E-state index contributed by atoms with van der Waals surface area (Å²) in [6.45, 7) is 11.3. The van der Waals surface area contributed by atoms with Crippen molar-refractivity contribution >= 4 is 5.78 Å². The third kappa shape index (κ3) is 6.59. The molecule has 12 nitrogen and oxygen atoms in total. The Hall–Kier alpha value is -1.29. The number of ketones is 1. The number of nitrogens with two attached hydrogens (primary N) is 1. The molecule has 10 aliphatic rings. The summed E-state index contributed by atoms with van der Waals surface area (Å²) in [5.41, 5.74) is 8.01. The predicted octanol–water partition coefficient (Wildman–Crippen LogP) is 3.44. The fourth-order valence-corrected chi connectivity index (χ4v) is 11.3. The van der Waals surface area contributed by atoms with Crippen LogP contribution in [0.25, 0.3) is 0 Å². The summed E-state index contributed by atoms with van der Waals surface area (Å²) in [5.74, 6) is -0.619. The Bertz CT molecular complexity index is 1380. The zero-order valence-corrected chi connectivity index (χ0v) is 30.8. The minimum absolute atomic E-state index is 0.0158. The fourth-order valence-electron chi connectivity index (χ4n) is 11.3. The average molecular weight is 730 g/mol. The Morgan fingerprint density at radius 2 is 1.56 bits per heavy atom. The van der Waals surface area contributed by atoms with E-state index >= 15 is 0 Å². The molecule has 12 heteroatoms. The van der Waals surface area contributed by atoms with Gasteiger partial charge < -0.3 is 53.5 Å². The van der Waals surface area contributed by atoms with Crippen molar-refractivity contribution in [2.24, 2.45) is 17.6 Å². The summed E-state index contributed by atoms with van der Waals surface area (Å²) in [5, 5.41) is 10.5. The molecule has 10 heterocycles. The number of hydrogen-bond acceptors (Lipinski definition) is 12. The molecule has 1 spiro atoms. The molecule has 3 unspecified atom stereocenters. The lowest BCUT2D eigenvalue weighted by Gasteiger charge is -2.47. The molecule has 10 fully saturated rings. The van der Waals surface area contributed by atoms with E-state index in [4.69, 9.17) is 48.4 Å². The van der Waals surface area contributed by atoms with Gasteiger partial charge in [0.1, 0.15) is 36.3 Å². The van der Waals surface area contributed by atoms with E-state index < -0.39 is 18.0 Å². The molecular formula is C40H59NO11. The highest BCUT2D eigenvalue weighted by Gasteiger charge is 2.68.